The molecule has 2 aromatic carbocycles. The number of thiazole rings is 1. The van der Waals surface area contributed by atoms with E-state index in [2.05, 4.69) is 25.7 Å². The fourth-order valence-corrected chi connectivity index (χ4v) is 4.45. The Morgan fingerprint density at radius 3 is 2.55 bits per heavy atom. The molecule has 0 bridgehead atoms. The van der Waals surface area contributed by atoms with Gasteiger partial charge >= 0.3 is 0 Å². The van der Waals surface area contributed by atoms with E-state index < -0.39 is 0 Å². The Labute approximate surface area is 189 Å². The summed E-state index contributed by atoms with van der Waals surface area (Å²) in [5, 5.41) is 0.743. The number of rotatable bonds is 12. The van der Waals surface area contributed by atoms with E-state index in [1.54, 1.807) is 11.3 Å². The zero-order valence-corrected chi connectivity index (χ0v) is 19.7. The largest absolute Gasteiger partial charge is 0.494 e. The van der Waals surface area contributed by atoms with Crippen LogP contribution in [0.2, 0.25) is 0 Å². The smallest absolute Gasteiger partial charge is 0.260 e. The Morgan fingerprint density at radius 1 is 1.00 bits per heavy atom. The molecule has 0 spiro atoms. The number of benzene rings is 2. The Hall–Kier alpha value is -2.44. The lowest BCUT2D eigenvalue weighted by Gasteiger charge is -2.25. The van der Waals surface area contributed by atoms with Crippen molar-refractivity contribution < 1.29 is 9.53 Å². The summed E-state index contributed by atoms with van der Waals surface area (Å²) >= 11 is 1.56. The van der Waals surface area contributed by atoms with Gasteiger partial charge in [0.1, 0.15) is 5.75 Å². The molecule has 0 saturated heterocycles. The van der Waals surface area contributed by atoms with Crippen molar-refractivity contribution in [2.75, 3.05) is 37.7 Å². The number of hydrogen-bond donors (Lipinski definition) is 0. The van der Waals surface area contributed by atoms with Crippen LogP contribution < -0.4 is 9.64 Å². The fourth-order valence-electron chi connectivity index (χ4n) is 3.46. The number of amides is 1. The summed E-state index contributed by atoms with van der Waals surface area (Å²) in [5.74, 6) is 0.708. The van der Waals surface area contributed by atoms with Crippen LogP contribution in [0.1, 0.15) is 50.4 Å². The highest BCUT2D eigenvalue weighted by Gasteiger charge is 2.22. The van der Waals surface area contributed by atoms with Gasteiger partial charge < -0.3 is 9.64 Å². The second kappa shape index (κ2) is 11.8. The molecular formula is C25H33N3O2S. The minimum atomic E-state index is -0.0368. The summed E-state index contributed by atoms with van der Waals surface area (Å²) in [6.07, 6.45) is 3.33. The molecule has 1 amide bonds. The number of likely N-dealkylation sites (N-methyl/N-ethyl adjacent to an activating group) is 1. The Kier molecular flexibility index (Phi) is 8.85. The standard InChI is InChI=1S/C25H33N3O2S/c1-4-7-10-18-30-21-13-11-12-20(19-21)24(29)28(17-16-27(5-2)6-3)25-26-22-14-8-9-15-23(22)31-25/h8-9,11-15,19H,4-7,10,16-18H2,1-3H3. The molecule has 1 aromatic heterocycles. The second-order valence-corrected chi connectivity index (χ2v) is 8.54. The number of para-hydroxylation sites is 1. The first-order chi connectivity index (χ1) is 15.2. The highest BCUT2D eigenvalue weighted by atomic mass is 32.1. The predicted octanol–water partition coefficient (Wildman–Crippen LogP) is 5.85. The summed E-state index contributed by atoms with van der Waals surface area (Å²) in [4.78, 5) is 22.5. The number of ether oxygens (including phenoxy) is 1. The highest BCUT2D eigenvalue weighted by molar-refractivity contribution is 7.22. The van der Waals surface area contributed by atoms with Gasteiger partial charge in [-0.1, -0.05) is 63.1 Å². The summed E-state index contributed by atoms with van der Waals surface area (Å²) in [5.41, 5.74) is 1.56. The summed E-state index contributed by atoms with van der Waals surface area (Å²) in [6, 6.07) is 15.6. The third kappa shape index (κ3) is 6.28. The predicted molar refractivity (Wildman–Crippen MR) is 131 cm³/mol. The molecule has 0 aliphatic heterocycles. The van der Waals surface area contributed by atoms with Gasteiger partial charge in [0.15, 0.2) is 5.13 Å². The van der Waals surface area contributed by atoms with E-state index in [4.69, 9.17) is 9.72 Å². The van der Waals surface area contributed by atoms with E-state index in [9.17, 15) is 4.79 Å². The topological polar surface area (TPSA) is 45.7 Å². The van der Waals surface area contributed by atoms with Crippen LogP contribution in [-0.4, -0.2) is 48.6 Å². The van der Waals surface area contributed by atoms with Crippen LogP contribution in [-0.2, 0) is 0 Å². The first kappa shape index (κ1) is 23.2. The maximum Gasteiger partial charge on any atom is 0.260 e. The maximum absolute atomic E-state index is 13.6. The van der Waals surface area contributed by atoms with Crippen LogP contribution in [0.25, 0.3) is 10.2 Å². The van der Waals surface area contributed by atoms with Crippen molar-refractivity contribution in [1.29, 1.82) is 0 Å². The van der Waals surface area contributed by atoms with Crippen LogP contribution in [0.3, 0.4) is 0 Å². The van der Waals surface area contributed by atoms with Crippen molar-refractivity contribution in [1.82, 2.24) is 9.88 Å². The van der Waals surface area contributed by atoms with Crippen molar-refractivity contribution in [2.24, 2.45) is 0 Å². The minimum Gasteiger partial charge on any atom is -0.494 e. The van der Waals surface area contributed by atoms with E-state index in [1.165, 1.54) is 0 Å². The molecule has 5 nitrogen and oxygen atoms in total. The molecule has 0 aliphatic carbocycles. The average molecular weight is 440 g/mol. The Morgan fingerprint density at radius 2 is 1.81 bits per heavy atom. The van der Waals surface area contributed by atoms with Crippen LogP contribution in [0.15, 0.2) is 48.5 Å². The van der Waals surface area contributed by atoms with Crippen LogP contribution in [0.5, 0.6) is 5.75 Å². The molecule has 6 heteroatoms. The third-order valence-electron chi connectivity index (χ3n) is 5.39. The van der Waals surface area contributed by atoms with E-state index in [1.807, 2.05) is 53.4 Å². The molecule has 31 heavy (non-hydrogen) atoms. The summed E-state index contributed by atoms with van der Waals surface area (Å²) in [7, 11) is 0. The van der Waals surface area contributed by atoms with Crippen molar-refractivity contribution in [2.45, 2.75) is 40.0 Å². The lowest BCUT2D eigenvalue weighted by Crippen LogP contribution is -2.38. The number of nitrogens with zero attached hydrogens (tertiary/aromatic N) is 3. The number of carbonyl (C=O) groups excluding carboxylic acids is 1. The monoisotopic (exact) mass is 439 g/mol. The van der Waals surface area contributed by atoms with E-state index in [-0.39, 0.29) is 5.91 Å². The molecule has 0 N–H and O–H groups in total. The highest BCUT2D eigenvalue weighted by Crippen LogP contribution is 2.30. The summed E-state index contributed by atoms with van der Waals surface area (Å²) in [6.45, 7) is 10.5. The van der Waals surface area contributed by atoms with E-state index in [0.29, 0.717) is 18.7 Å². The zero-order valence-electron chi connectivity index (χ0n) is 18.8. The first-order valence-electron chi connectivity index (χ1n) is 11.3. The molecule has 0 atom stereocenters. The van der Waals surface area contributed by atoms with Crippen LogP contribution in [0.4, 0.5) is 5.13 Å². The van der Waals surface area contributed by atoms with Gasteiger partial charge in [0.2, 0.25) is 0 Å². The summed E-state index contributed by atoms with van der Waals surface area (Å²) < 4.78 is 6.96. The van der Waals surface area contributed by atoms with Gasteiger partial charge in [-0.2, -0.15) is 0 Å². The molecule has 0 radical (unpaired) electrons. The minimum absolute atomic E-state index is 0.0368. The normalized spacial score (nSPS) is 11.2. The van der Waals surface area contributed by atoms with E-state index >= 15 is 0 Å². The lowest BCUT2D eigenvalue weighted by molar-refractivity contribution is 0.0983. The second-order valence-electron chi connectivity index (χ2n) is 7.53. The quantitative estimate of drug-likeness (QED) is 0.332. The maximum atomic E-state index is 13.6. The van der Waals surface area contributed by atoms with Crippen molar-refractivity contribution >= 4 is 32.6 Å². The van der Waals surface area contributed by atoms with Crippen LogP contribution in [0, 0.1) is 0 Å². The van der Waals surface area contributed by atoms with Crippen molar-refractivity contribution in [3.05, 3.63) is 54.1 Å². The number of fused-ring (bicyclic) bond motifs is 1. The fraction of sp³-hybridized carbons (Fsp3) is 0.440. The number of hydrogen-bond acceptors (Lipinski definition) is 5. The van der Waals surface area contributed by atoms with Crippen molar-refractivity contribution in [3.63, 3.8) is 0 Å². The molecule has 0 fully saturated rings. The third-order valence-corrected chi connectivity index (χ3v) is 6.45. The average Bonchev–Trinajstić information content (AvgIpc) is 3.23. The SMILES string of the molecule is CCCCCOc1cccc(C(=O)N(CCN(CC)CC)c2nc3ccccc3s2)c1. The van der Waals surface area contributed by atoms with Gasteiger partial charge in [0.05, 0.1) is 16.8 Å². The van der Waals surface area contributed by atoms with Gasteiger partial charge in [-0.25, -0.2) is 4.98 Å². The molecule has 0 aliphatic rings. The van der Waals surface area contributed by atoms with Crippen LogP contribution >= 0.6 is 11.3 Å². The zero-order chi connectivity index (χ0) is 22.1. The molecule has 0 unspecified atom stereocenters. The first-order valence-corrected chi connectivity index (χ1v) is 12.1. The van der Waals surface area contributed by atoms with Crippen molar-refractivity contribution in [3.8, 4) is 5.75 Å². The van der Waals surface area contributed by atoms with Gasteiger partial charge in [-0.15, -0.1) is 0 Å². The molecule has 3 rings (SSSR count). The van der Waals surface area contributed by atoms with Gasteiger partial charge in [-0.05, 0) is 49.8 Å². The molecular weight excluding hydrogens is 406 g/mol. The van der Waals surface area contributed by atoms with Gasteiger partial charge in [0, 0.05) is 18.7 Å². The molecule has 166 valence electrons. The number of unbranched alkanes of at least 4 members (excludes halogenated alkanes) is 2. The molecule has 0 saturated carbocycles. The molecule has 1 heterocycles. The van der Waals surface area contributed by atoms with Gasteiger partial charge in [-0.3, -0.25) is 9.69 Å². The number of anilines is 1. The Balaban J connectivity index is 1.83. The lowest BCUT2D eigenvalue weighted by atomic mass is 10.2. The van der Waals surface area contributed by atoms with E-state index in [0.717, 1.165) is 60.0 Å². The molecule has 3 aromatic rings. The number of carbonyl (C=O) groups is 1. The Bertz CT molecular complexity index is 935. The number of aromatic nitrogens is 1. The van der Waals surface area contributed by atoms with Gasteiger partial charge in [0.25, 0.3) is 5.91 Å².